The van der Waals surface area contributed by atoms with E-state index in [4.69, 9.17) is 5.10 Å². The Balaban J connectivity index is 0.00000337. The maximum Gasteiger partial charge on any atom is 0.341 e. The van der Waals surface area contributed by atoms with Crippen LogP contribution in [0.3, 0.4) is 0 Å². The Morgan fingerprint density at radius 2 is 1.90 bits per heavy atom. The topological polar surface area (TPSA) is 115 Å². The van der Waals surface area contributed by atoms with E-state index in [1.54, 1.807) is 17.9 Å². The van der Waals surface area contributed by atoms with Crippen molar-refractivity contribution < 1.29 is 45.6 Å². The minimum atomic E-state index is -1.47. The average Bonchev–Trinajstić information content (AvgIpc) is 3.31. The number of rotatable bonds is 4. The Morgan fingerprint density at radius 3 is 2.56 bits per heavy atom. The van der Waals surface area contributed by atoms with E-state index in [-0.39, 0.29) is 64.8 Å². The van der Waals surface area contributed by atoms with Crippen molar-refractivity contribution in [2.75, 3.05) is 36.1 Å². The third-order valence-electron chi connectivity index (χ3n) is 8.11. The van der Waals surface area contributed by atoms with Crippen molar-refractivity contribution in [1.29, 1.82) is 0 Å². The Morgan fingerprint density at radius 1 is 1.17 bits per heavy atom. The van der Waals surface area contributed by atoms with Gasteiger partial charge in [-0.05, 0) is 37.6 Å². The first kappa shape index (κ1) is 28.2. The predicted octanol–water partition coefficient (Wildman–Crippen LogP) is 0.300. The Kier molecular flexibility index (Phi) is 6.86. The Labute approximate surface area is 239 Å². The smallest absolute Gasteiger partial charge is 0.341 e. The summed E-state index contributed by atoms with van der Waals surface area (Å²) in [6.07, 6.45) is 2.69. The number of nitrogens with zero attached hydrogens (tertiary/aromatic N) is 5. The molecule has 4 heterocycles. The molecule has 214 valence electrons. The van der Waals surface area contributed by atoms with Crippen LogP contribution in [0.25, 0.3) is 17.0 Å². The standard InChI is InChI=1S/C28H25F2N5O5.ClH/c1-3-32-13-19(28(39)40)25(36)17-11-20(29)24(22(30)23(17)32)33-8-9-35(15(2)12-33)14-34-21-7-5-4-6-16(21)10-18(27(37)38)26(34)31-35;/h4-7,10-11,13,15H,3,8-9,12,14H2,1-2H3,(H-,37,38,39,40);1H. The van der Waals surface area contributed by atoms with Crippen LogP contribution in [0.4, 0.5) is 20.2 Å². The third kappa shape index (κ3) is 4.16. The molecule has 1 fully saturated rings. The van der Waals surface area contributed by atoms with Crippen LogP contribution in [0.2, 0.25) is 0 Å². The number of para-hydroxylation sites is 1. The zero-order valence-electron chi connectivity index (χ0n) is 22.1. The van der Waals surface area contributed by atoms with E-state index in [2.05, 4.69) is 0 Å². The summed E-state index contributed by atoms with van der Waals surface area (Å²) in [6, 6.07) is 8.11. The Bertz CT molecular complexity index is 1760. The number of aryl methyl sites for hydroxylation is 1. The van der Waals surface area contributed by atoms with Gasteiger partial charge in [-0.25, -0.2) is 18.4 Å². The van der Waals surface area contributed by atoms with Crippen molar-refractivity contribution in [3.8, 4) is 0 Å². The molecule has 0 radical (unpaired) electrons. The van der Waals surface area contributed by atoms with Crippen molar-refractivity contribution in [2.24, 2.45) is 5.10 Å². The number of fused-ring (bicyclic) bond motifs is 4. The lowest BCUT2D eigenvalue weighted by atomic mass is 10.0. The van der Waals surface area contributed by atoms with Gasteiger partial charge in [0.25, 0.3) is 0 Å². The number of carbonyl (C=O) groups is 2. The summed E-state index contributed by atoms with van der Waals surface area (Å²) in [5.74, 6) is -4.08. The van der Waals surface area contributed by atoms with Crippen LogP contribution < -0.4 is 27.6 Å². The molecule has 3 aromatic rings. The number of quaternary nitrogens is 1. The lowest BCUT2D eigenvalue weighted by Gasteiger charge is -2.43. The summed E-state index contributed by atoms with van der Waals surface area (Å²) < 4.78 is 33.0. The van der Waals surface area contributed by atoms with Gasteiger partial charge in [-0.3, -0.25) is 9.69 Å². The predicted molar refractivity (Wildman–Crippen MR) is 144 cm³/mol. The maximum atomic E-state index is 16.0. The normalized spacial score (nSPS) is 21.2. The number of benzene rings is 2. The summed E-state index contributed by atoms with van der Waals surface area (Å²) >= 11 is 0. The monoisotopic (exact) mass is 585 g/mol. The highest BCUT2D eigenvalue weighted by Gasteiger charge is 2.50. The number of carboxylic acids is 2. The van der Waals surface area contributed by atoms with Crippen molar-refractivity contribution in [3.05, 3.63) is 75.1 Å². The van der Waals surface area contributed by atoms with E-state index in [1.165, 1.54) is 4.57 Å². The van der Waals surface area contributed by atoms with Crippen molar-refractivity contribution in [2.45, 2.75) is 26.4 Å². The molecule has 3 aliphatic heterocycles. The number of aromatic carboxylic acids is 1. The molecule has 0 saturated carbocycles. The highest BCUT2D eigenvalue weighted by atomic mass is 35.5. The summed E-state index contributed by atoms with van der Waals surface area (Å²) in [5.41, 5.74) is -0.224. The number of halogens is 3. The molecule has 2 aromatic carbocycles. The lowest BCUT2D eigenvalue weighted by Crippen LogP contribution is -3.00. The van der Waals surface area contributed by atoms with Crippen molar-refractivity contribution >= 4 is 46.1 Å². The van der Waals surface area contributed by atoms with Crippen LogP contribution in [0.1, 0.15) is 29.8 Å². The molecular weight excluding hydrogens is 560 g/mol. The van der Waals surface area contributed by atoms with Crippen LogP contribution in [-0.2, 0) is 11.3 Å². The summed E-state index contributed by atoms with van der Waals surface area (Å²) in [7, 11) is 0. The Hall–Kier alpha value is -4.29. The van der Waals surface area contributed by atoms with Crippen LogP contribution in [-0.4, -0.2) is 69.5 Å². The largest absolute Gasteiger partial charge is 1.00 e. The molecular formula is C28H26ClF2N5O5. The molecule has 1 saturated heterocycles. The number of hydrogen-bond acceptors (Lipinski definition) is 6. The van der Waals surface area contributed by atoms with E-state index in [0.29, 0.717) is 19.0 Å². The van der Waals surface area contributed by atoms with Gasteiger partial charge in [-0.15, -0.1) is 0 Å². The number of aliphatic carboxylic acids is 1. The zero-order chi connectivity index (χ0) is 28.5. The lowest BCUT2D eigenvalue weighted by molar-refractivity contribution is -0.950. The first-order valence-electron chi connectivity index (χ1n) is 12.9. The first-order chi connectivity index (χ1) is 19.1. The number of aromatic nitrogens is 1. The first-order valence-corrected chi connectivity index (χ1v) is 12.9. The summed E-state index contributed by atoms with van der Waals surface area (Å²) in [6.45, 7) is 4.90. The summed E-state index contributed by atoms with van der Waals surface area (Å²) in [4.78, 5) is 39.8. The molecule has 2 atom stereocenters. The molecule has 0 amide bonds. The van der Waals surface area contributed by atoms with E-state index < -0.39 is 34.6 Å². The van der Waals surface area contributed by atoms with Gasteiger partial charge in [-0.1, -0.05) is 23.3 Å². The quantitative estimate of drug-likeness (QED) is 0.423. The number of pyridine rings is 1. The van der Waals surface area contributed by atoms with Crippen molar-refractivity contribution in [3.63, 3.8) is 0 Å². The number of anilines is 2. The second-order valence-electron chi connectivity index (χ2n) is 10.3. The second kappa shape index (κ2) is 9.96. The number of carboxylic acid groups (broad SMARTS) is 2. The highest BCUT2D eigenvalue weighted by molar-refractivity contribution is 6.29. The van der Waals surface area contributed by atoms with Gasteiger partial charge >= 0.3 is 11.9 Å². The molecule has 1 aromatic heterocycles. The second-order valence-corrected chi connectivity index (χ2v) is 10.3. The highest BCUT2D eigenvalue weighted by Crippen LogP contribution is 2.39. The van der Waals surface area contributed by atoms with Gasteiger partial charge in [0, 0.05) is 12.7 Å². The number of hydrogen-bond donors (Lipinski definition) is 2. The minimum absolute atomic E-state index is 0. The fourth-order valence-corrected chi connectivity index (χ4v) is 6.01. The average molecular weight is 586 g/mol. The minimum Gasteiger partial charge on any atom is -1.00 e. The van der Waals surface area contributed by atoms with E-state index in [1.807, 2.05) is 36.1 Å². The molecule has 3 aliphatic rings. The van der Waals surface area contributed by atoms with Crippen LogP contribution in [0.5, 0.6) is 0 Å². The fraction of sp³-hybridized carbons (Fsp3) is 0.286. The van der Waals surface area contributed by atoms with Gasteiger partial charge in [0.05, 0.1) is 29.7 Å². The molecule has 0 aliphatic carbocycles. The van der Waals surface area contributed by atoms with Gasteiger partial charge in [0.2, 0.25) is 11.3 Å². The van der Waals surface area contributed by atoms with E-state index in [0.717, 1.165) is 23.5 Å². The van der Waals surface area contributed by atoms with E-state index in [9.17, 15) is 24.6 Å². The van der Waals surface area contributed by atoms with Gasteiger partial charge in [0.1, 0.15) is 35.2 Å². The fourth-order valence-electron chi connectivity index (χ4n) is 6.01. The van der Waals surface area contributed by atoms with Gasteiger partial charge < -0.3 is 32.1 Å². The molecule has 10 nitrogen and oxygen atoms in total. The van der Waals surface area contributed by atoms with Crippen molar-refractivity contribution in [1.82, 2.24) is 4.57 Å². The number of piperazine rings is 1. The molecule has 2 unspecified atom stereocenters. The molecule has 0 bridgehead atoms. The van der Waals surface area contributed by atoms with Crippen LogP contribution in [0, 0.1) is 11.6 Å². The van der Waals surface area contributed by atoms with Gasteiger partial charge in [-0.2, -0.15) is 4.59 Å². The van der Waals surface area contributed by atoms with Gasteiger partial charge in [0.15, 0.2) is 12.5 Å². The molecule has 2 N–H and O–H groups in total. The SMILES string of the molecule is CCn1cc(C(=O)O)c(=O)c2cc(F)c(N3CC[N+]4(CN5C(=N4)C(C(=O)O)=Cc4ccccc45)C(C)C3)c(F)c21.[Cl-]. The molecule has 6 rings (SSSR count). The molecule has 1 spiro atoms. The third-order valence-corrected chi connectivity index (χ3v) is 8.11. The molecule has 41 heavy (non-hydrogen) atoms. The zero-order valence-corrected chi connectivity index (χ0v) is 22.9. The molecule has 13 heteroatoms. The van der Waals surface area contributed by atoms with Crippen LogP contribution in [0.15, 0.2) is 52.0 Å². The maximum absolute atomic E-state index is 16.0. The number of amidine groups is 1. The van der Waals surface area contributed by atoms with Crippen LogP contribution >= 0.6 is 0 Å². The summed E-state index contributed by atoms with van der Waals surface area (Å²) in [5, 5.41) is 23.8. The van der Waals surface area contributed by atoms with E-state index >= 15 is 8.78 Å².